The molecule has 21 heavy (non-hydrogen) atoms. The first-order valence-electron chi connectivity index (χ1n) is 6.78. The fourth-order valence-corrected chi connectivity index (χ4v) is 2.38. The molecule has 2 unspecified atom stereocenters. The van der Waals surface area contributed by atoms with Crippen molar-refractivity contribution in [2.75, 3.05) is 0 Å². The maximum atomic E-state index is 9.82. The molecule has 2 aliphatic rings. The maximum absolute atomic E-state index is 9.82. The van der Waals surface area contributed by atoms with Crippen molar-refractivity contribution in [1.82, 2.24) is 0 Å². The molecule has 2 heterocycles. The van der Waals surface area contributed by atoms with Crippen LogP contribution in [0, 0.1) is 0 Å². The highest BCUT2D eigenvalue weighted by Gasteiger charge is 2.48. The van der Waals surface area contributed by atoms with Crippen molar-refractivity contribution in [3.05, 3.63) is 0 Å². The second-order valence-electron chi connectivity index (χ2n) is 5.50. The van der Waals surface area contributed by atoms with Gasteiger partial charge in [-0.1, -0.05) is 0 Å². The molecular formula is C12H22O9. The predicted octanol–water partition coefficient (Wildman–Crippen LogP) is -3.34. The molecule has 0 aromatic carbocycles. The molecule has 0 spiro atoms. The fraction of sp³-hybridized carbons (Fsp3) is 1.00. The second kappa shape index (κ2) is 6.41. The Morgan fingerprint density at radius 2 is 0.905 bits per heavy atom. The van der Waals surface area contributed by atoms with Crippen LogP contribution in [0.5, 0.6) is 0 Å². The number of rotatable bonds is 2. The Kier molecular flexibility index (Phi) is 5.19. The molecule has 0 aromatic rings. The number of aliphatic hydroxyl groups is 6. The Morgan fingerprint density at radius 1 is 0.571 bits per heavy atom. The minimum atomic E-state index is -1.55. The van der Waals surface area contributed by atoms with Crippen LogP contribution in [0.1, 0.15) is 13.8 Å². The number of hydrogen-bond donors (Lipinski definition) is 6. The number of hydrogen-bond acceptors (Lipinski definition) is 9. The molecule has 0 radical (unpaired) electrons. The highest BCUT2D eigenvalue weighted by atomic mass is 16.8. The smallest absolute Gasteiger partial charge is 0.189 e. The molecule has 2 fully saturated rings. The van der Waals surface area contributed by atoms with Crippen molar-refractivity contribution < 1.29 is 44.8 Å². The van der Waals surface area contributed by atoms with Gasteiger partial charge in [0.1, 0.15) is 36.6 Å². The lowest BCUT2D eigenvalue weighted by atomic mass is 9.99. The van der Waals surface area contributed by atoms with Gasteiger partial charge in [0.15, 0.2) is 12.6 Å². The van der Waals surface area contributed by atoms with Gasteiger partial charge in [-0.25, -0.2) is 0 Å². The van der Waals surface area contributed by atoms with E-state index in [9.17, 15) is 30.6 Å². The predicted molar refractivity (Wildman–Crippen MR) is 65.8 cm³/mol. The van der Waals surface area contributed by atoms with Crippen LogP contribution in [0.25, 0.3) is 0 Å². The summed E-state index contributed by atoms with van der Waals surface area (Å²) in [6, 6.07) is 0. The third kappa shape index (κ3) is 3.21. The van der Waals surface area contributed by atoms with Gasteiger partial charge in [0.05, 0.1) is 12.2 Å². The van der Waals surface area contributed by atoms with Crippen LogP contribution in [0.4, 0.5) is 0 Å². The van der Waals surface area contributed by atoms with E-state index in [0.717, 1.165) is 0 Å². The second-order valence-corrected chi connectivity index (χ2v) is 5.50. The minimum absolute atomic E-state index is 0.804. The normalized spacial score (nSPS) is 55.4. The van der Waals surface area contributed by atoms with E-state index in [1.165, 1.54) is 13.8 Å². The summed E-state index contributed by atoms with van der Waals surface area (Å²) in [4.78, 5) is 0. The average Bonchev–Trinajstić information content (AvgIpc) is 2.45. The molecule has 10 atom stereocenters. The molecule has 0 amide bonds. The summed E-state index contributed by atoms with van der Waals surface area (Å²) in [7, 11) is 0. The molecule has 0 aromatic heterocycles. The lowest BCUT2D eigenvalue weighted by Crippen LogP contribution is -2.62. The molecule has 2 aliphatic heterocycles. The average molecular weight is 310 g/mol. The van der Waals surface area contributed by atoms with Crippen LogP contribution in [-0.4, -0.2) is 92.1 Å². The Labute approximate surface area is 121 Å². The molecule has 6 N–H and O–H groups in total. The molecule has 2 saturated heterocycles. The standard InChI is InChI=1S/C12H22O9/c1-3-5(13)7(15)9(17)11(19-3)21-12-10(18)8(16)6(14)4(2)20-12/h3-18H,1-2H3/t3-,4-,5+,6+,7+,8+,9-,10-,11?,12?/m1/s1. The lowest BCUT2D eigenvalue weighted by molar-refractivity contribution is -0.370. The summed E-state index contributed by atoms with van der Waals surface area (Å²) in [5, 5.41) is 58.1. The summed E-state index contributed by atoms with van der Waals surface area (Å²) in [6.07, 6.45) is -12.9. The van der Waals surface area contributed by atoms with Gasteiger partial charge in [-0.15, -0.1) is 0 Å². The summed E-state index contributed by atoms with van der Waals surface area (Å²) < 4.78 is 15.7. The van der Waals surface area contributed by atoms with Gasteiger partial charge >= 0.3 is 0 Å². The monoisotopic (exact) mass is 310 g/mol. The van der Waals surface area contributed by atoms with Crippen LogP contribution >= 0.6 is 0 Å². The number of ether oxygens (including phenoxy) is 3. The van der Waals surface area contributed by atoms with Crippen LogP contribution in [0.15, 0.2) is 0 Å². The van der Waals surface area contributed by atoms with E-state index in [4.69, 9.17) is 14.2 Å². The Hall–Kier alpha value is -0.360. The van der Waals surface area contributed by atoms with E-state index in [-0.39, 0.29) is 0 Å². The Balaban J connectivity index is 2.03. The van der Waals surface area contributed by atoms with Gasteiger partial charge in [0.25, 0.3) is 0 Å². The van der Waals surface area contributed by atoms with Crippen molar-refractivity contribution in [3.63, 3.8) is 0 Å². The summed E-state index contributed by atoms with van der Waals surface area (Å²) in [6.45, 7) is 2.96. The van der Waals surface area contributed by atoms with Crippen LogP contribution < -0.4 is 0 Å². The third-order valence-electron chi connectivity index (χ3n) is 3.89. The van der Waals surface area contributed by atoms with Gasteiger partial charge in [-0.05, 0) is 13.8 Å². The zero-order valence-electron chi connectivity index (χ0n) is 11.7. The third-order valence-corrected chi connectivity index (χ3v) is 3.89. The van der Waals surface area contributed by atoms with Gasteiger partial charge in [-0.2, -0.15) is 0 Å². The molecule has 9 nitrogen and oxygen atoms in total. The van der Waals surface area contributed by atoms with Gasteiger partial charge in [0.2, 0.25) is 0 Å². The lowest BCUT2D eigenvalue weighted by Gasteiger charge is -2.44. The molecule has 0 aliphatic carbocycles. The summed E-state index contributed by atoms with van der Waals surface area (Å²) in [5.41, 5.74) is 0. The summed E-state index contributed by atoms with van der Waals surface area (Å²) >= 11 is 0. The van der Waals surface area contributed by atoms with Gasteiger partial charge in [0, 0.05) is 0 Å². The van der Waals surface area contributed by atoms with Crippen molar-refractivity contribution in [1.29, 1.82) is 0 Å². The van der Waals surface area contributed by atoms with Gasteiger partial charge < -0.3 is 44.8 Å². The molecular weight excluding hydrogens is 288 g/mol. The molecule has 0 bridgehead atoms. The molecule has 2 rings (SSSR count). The first-order valence-corrected chi connectivity index (χ1v) is 6.78. The quantitative estimate of drug-likeness (QED) is 0.308. The molecule has 9 heteroatoms. The molecule has 124 valence electrons. The fourth-order valence-electron chi connectivity index (χ4n) is 2.38. The van der Waals surface area contributed by atoms with Crippen molar-refractivity contribution in [3.8, 4) is 0 Å². The maximum Gasteiger partial charge on any atom is 0.189 e. The van der Waals surface area contributed by atoms with E-state index >= 15 is 0 Å². The Bertz CT molecular complexity index is 322. The van der Waals surface area contributed by atoms with E-state index in [2.05, 4.69) is 0 Å². The van der Waals surface area contributed by atoms with Crippen molar-refractivity contribution in [2.45, 2.75) is 75.3 Å². The zero-order valence-corrected chi connectivity index (χ0v) is 11.7. The Morgan fingerprint density at radius 3 is 1.24 bits per heavy atom. The minimum Gasteiger partial charge on any atom is -0.388 e. The van der Waals surface area contributed by atoms with Crippen molar-refractivity contribution >= 4 is 0 Å². The highest BCUT2D eigenvalue weighted by molar-refractivity contribution is 4.90. The first-order chi connectivity index (χ1) is 9.73. The molecule has 0 saturated carbocycles. The topological polar surface area (TPSA) is 149 Å². The van der Waals surface area contributed by atoms with E-state index in [1.54, 1.807) is 0 Å². The number of aliphatic hydroxyl groups excluding tert-OH is 6. The van der Waals surface area contributed by atoms with E-state index in [0.29, 0.717) is 0 Å². The summed E-state index contributed by atoms with van der Waals surface area (Å²) in [5.74, 6) is 0. The largest absolute Gasteiger partial charge is 0.388 e. The van der Waals surface area contributed by atoms with Gasteiger partial charge in [-0.3, -0.25) is 0 Å². The SMILES string of the molecule is C[C@H]1OC(OC2O[C@H](C)[C@H](O)[C@H](O)[C@H]2O)[C@H](O)[C@@H](O)[C@H]1O. The van der Waals surface area contributed by atoms with Crippen LogP contribution in [-0.2, 0) is 14.2 Å². The first kappa shape index (κ1) is 17.0. The highest BCUT2D eigenvalue weighted by Crippen LogP contribution is 2.27. The van der Waals surface area contributed by atoms with Crippen molar-refractivity contribution in [2.24, 2.45) is 0 Å². The zero-order chi connectivity index (χ0) is 15.9. The van der Waals surface area contributed by atoms with E-state index < -0.39 is 61.4 Å². The van der Waals surface area contributed by atoms with Crippen LogP contribution in [0.2, 0.25) is 0 Å². The van der Waals surface area contributed by atoms with E-state index in [1.807, 2.05) is 0 Å². The van der Waals surface area contributed by atoms with Crippen LogP contribution in [0.3, 0.4) is 0 Å².